The van der Waals surface area contributed by atoms with E-state index in [0.29, 0.717) is 0 Å². The molecule has 4 heteroatoms. The normalized spacial score (nSPS) is 18.6. The first kappa shape index (κ1) is 15.0. The maximum absolute atomic E-state index is 5.88. The summed E-state index contributed by atoms with van der Waals surface area (Å²) < 4.78 is 5.88. The zero-order valence-electron chi connectivity index (χ0n) is 10.4. The van der Waals surface area contributed by atoms with E-state index in [1.165, 1.54) is 37.2 Å². The van der Waals surface area contributed by atoms with Gasteiger partial charge in [0.2, 0.25) is 0 Å². The number of rotatable bonds is 5. The number of halogens is 1. The van der Waals surface area contributed by atoms with Crippen LogP contribution in [0.4, 0.5) is 0 Å². The lowest BCUT2D eigenvalue weighted by molar-refractivity contribution is 0.0555. The van der Waals surface area contributed by atoms with Gasteiger partial charge in [-0.15, -0.1) is 23.7 Å². The predicted octanol–water partition coefficient (Wildman–Crippen LogP) is 3.64. The van der Waals surface area contributed by atoms with E-state index in [1.807, 2.05) is 0 Å². The van der Waals surface area contributed by atoms with Gasteiger partial charge in [-0.1, -0.05) is 6.07 Å². The van der Waals surface area contributed by atoms with E-state index in [1.54, 1.807) is 11.3 Å². The first-order chi connectivity index (χ1) is 7.86. The van der Waals surface area contributed by atoms with Crippen LogP contribution < -0.4 is 5.32 Å². The molecular formula is C13H22ClNOS. The summed E-state index contributed by atoms with van der Waals surface area (Å²) in [7, 11) is 0. The van der Waals surface area contributed by atoms with Gasteiger partial charge in [0, 0.05) is 11.5 Å². The van der Waals surface area contributed by atoms with Crippen molar-refractivity contribution in [2.45, 2.75) is 32.3 Å². The summed E-state index contributed by atoms with van der Waals surface area (Å²) in [6, 6.07) is 4.24. The molecular weight excluding hydrogens is 254 g/mol. The number of piperidine rings is 1. The van der Waals surface area contributed by atoms with Crippen LogP contribution >= 0.6 is 23.7 Å². The van der Waals surface area contributed by atoms with Gasteiger partial charge in [0.1, 0.15) is 0 Å². The molecule has 2 nitrogen and oxygen atoms in total. The third-order valence-electron chi connectivity index (χ3n) is 3.30. The van der Waals surface area contributed by atoms with Gasteiger partial charge in [-0.05, 0) is 56.6 Å². The third-order valence-corrected chi connectivity index (χ3v) is 4.33. The molecule has 2 heterocycles. The van der Waals surface area contributed by atoms with E-state index >= 15 is 0 Å². The first-order valence-corrected chi connectivity index (χ1v) is 7.10. The zero-order chi connectivity index (χ0) is 11.2. The monoisotopic (exact) mass is 275 g/mol. The lowest BCUT2D eigenvalue weighted by Crippen LogP contribution is -2.28. The van der Waals surface area contributed by atoms with Crippen LogP contribution in [0, 0.1) is 5.92 Å². The molecule has 0 aromatic carbocycles. The van der Waals surface area contributed by atoms with Gasteiger partial charge in [-0.3, -0.25) is 0 Å². The van der Waals surface area contributed by atoms with Gasteiger partial charge in [0.15, 0.2) is 0 Å². The number of ether oxygens (including phenoxy) is 1. The summed E-state index contributed by atoms with van der Waals surface area (Å²) in [6.07, 6.45) is 4.12. The molecule has 1 fully saturated rings. The average molecular weight is 276 g/mol. The van der Waals surface area contributed by atoms with Crippen LogP contribution in [0.5, 0.6) is 0 Å². The van der Waals surface area contributed by atoms with Crippen molar-refractivity contribution in [3.63, 3.8) is 0 Å². The fourth-order valence-electron chi connectivity index (χ4n) is 2.19. The summed E-state index contributed by atoms with van der Waals surface area (Å²) in [5, 5.41) is 5.51. The fraction of sp³-hybridized carbons (Fsp3) is 0.692. The molecule has 17 heavy (non-hydrogen) atoms. The lowest BCUT2D eigenvalue weighted by atomic mass is 9.95. The van der Waals surface area contributed by atoms with Gasteiger partial charge in [0.25, 0.3) is 0 Å². The van der Waals surface area contributed by atoms with Crippen molar-refractivity contribution in [1.82, 2.24) is 5.32 Å². The second kappa shape index (κ2) is 8.09. The smallest absolute Gasteiger partial charge is 0.0888 e. The SMILES string of the molecule is CC(OCCC1CCNCC1)c1cccs1.Cl. The molecule has 1 N–H and O–H groups in total. The highest BCUT2D eigenvalue weighted by Crippen LogP contribution is 2.23. The molecule has 1 aromatic rings. The summed E-state index contributed by atoms with van der Waals surface area (Å²) in [4.78, 5) is 1.34. The van der Waals surface area contributed by atoms with E-state index < -0.39 is 0 Å². The minimum atomic E-state index is 0. The standard InChI is InChI=1S/C13H21NOS.ClH/c1-11(13-3-2-10-16-13)15-9-6-12-4-7-14-8-5-12;/h2-3,10-12,14H,4-9H2,1H3;1H. The molecule has 1 aliphatic rings. The van der Waals surface area contributed by atoms with E-state index in [2.05, 4.69) is 29.8 Å². The molecule has 0 aliphatic carbocycles. The maximum Gasteiger partial charge on any atom is 0.0888 e. The Hall–Kier alpha value is -0.0900. The minimum Gasteiger partial charge on any atom is -0.373 e. The van der Waals surface area contributed by atoms with E-state index in [0.717, 1.165) is 12.5 Å². The second-order valence-electron chi connectivity index (χ2n) is 4.51. The summed E-state index contributed by atoms with van der Waals surface area (Å²) in [5.74, 6) is 0.872. The van der Waals surface area contributed by atoms with Gasteiger partial charge < -0.3 is 10.1 Å². The second-order valence-corrected chi connectivity index (χ2v) is 5.49. The van der Waals surface area contributed by atoms with E-state index in [9.17, 15) is 0 Å². The topological polar surface area (TPSA) is 21.3 Å². The highest BCUT2D eigenvalue weighted by molar-refractivity contribution is 7.10. The summed E-state index contributed by atoms with van der Waals surface area (Å²) in [6.45, 7) is 5.42. The van der Waals surface area contributed by atoms with Crippen molar-refractivity contribution < 1.29 is 4.74 Å². The largest absolute Gasteiger partial charge is 0.373 e. The van der Waals surface area contributed by atoms with Crippen molar-refractivity contribution in [3.8, 4) is 0 Å². The Labute approximate surface area is 114 Å². The number of hydrogen-bond acceptors (Lipinski definition) is 3. The Morgan fingerprint density at radius 2 is 2.24 bits per heavy atom. The van der Waals surface area contributed by atoms with Crippen molar-refractivity contribution in [2.75, 3.05) is 19.7 Å². The molecule has 98 valence electrons. The molecule has 1 aliphatic heterocycles. The third kappa shape index (κ3) is 4.96. The Morgan fingerprint density at radius 1 is 1.47 bits per heavy atom. The Morgan fingerprint density at radius 3 is 2.88 bits per heavy atom. The maximum atomic E-state index is 5.88. The molecule has 1 atom stereocenters. The molecule has 2 rings (SSSR count). The van der Waals surface area contributed by atoms with Crippen LogP contribution in [0.2, 0.25) is 0 Å². The molecule has 0 radical (unpaired) electrons. The first-order valence-electron chi connectivity index (χ1n) is 6.22. The lowest BCUT2D eigenvalue weighted by Gasteiger charge is -2.23. The number of nitrogens with one attached hydrogen (secondary N) is 1. The van der Waals surface area contributed by atoms with Crippen molar-refractivity contribution in [2.24, 2.45) is 5.92 Å². The van der Waals surface area contributed by atoms with E-state index in [-0.39, 0.29) is 18.5 Å². The molecule has 0 amide bonds. The van der Waals surface area contributed by atoms with Crippen LogP contribution in [0.1, 0.15) is 37.2 Å². The average Bonchev–Trinajstić information content (AvgIpc) is 2.84. The molecule has 1 aromatic heterocycles. The quantitative estimate of drug-likeness (QED) is 0.886. The van der Waals surface area contributed by atoms with E-state index in [4.69, 9.17) is 4.74 Å². The van der Waals surface area contributed by atoms with Crippen molar-refractivity contribution in [3.05, 3.63) is 22.4 Å². The number of thiophene rings is 1. The van der Waals surface area contributed by atoms with Crippen LogP contribution in [0.3, 0.4) is 0 Å². The van der Waals surface area contributed by atoms with Gasteiger partial charge in [0.05, 0.1) is 6.10 Å². The van der Waals surface area contributed by atoms with Crippen molar-refractivity contribution >= 4 is 23.7 Å². The highest BCUT2D eigenvalue weighted by Gasteiger charge is 2.13. The van der Waals surface area contributed by atoms with Crippen LogP contribution in [0.25, 0.3) is 0 Å². The molecule has 0 spiro atoms. The van der Waals surface area contributed by atoms with Gasteiger partial charge in [-0.25, -0.2) is 0 Å². The van der Waals surface area contributed by atoms with Crippen LogP contribution in [-0.2, 0) is 4.74 Å². The van der Waals surface area contributed by atoms with Gasteiger partial charge in [-0.2, -0.15) is 0 Å². The Balaban J connectivity index is 0.00000144. The fourth-order valence-corrected chi connectivity index (χ4v) is 2.92. The molecule has 1 saturated heterocycles. The molecule has 0 saturated carbocycles. The summed E-state index contributed by atoms with van der Waals surface area (Å²) >= 11 is 1.78. The summed E-state index contributed by atoms with van der Waals surface area (Å²) in [5.41, 5.74) is 0. The van der Waals surface area contributed by atoms with Crippen LogP contribution in [-0.4, -0.2) is 19.7 Å². The van der Waals surface area contributed by atoms with Crippen LogP contribution in [0.15, 0.2) is 17.5 Å². The molecule has 1 unspecified atom stereocenters. The molecule has 0 bridgehead atoms. The van der Waals surface area contributed by atoms with Crippen molar-refractivity contribution in [1.29, 1.82) is 0 Å². The Kier molecular flexibility index (Phi) is 7.12. The Bertz CT molecular complexity index is 286. The number of hydrogen-bond donors (Lipinski definition) is 1. The predicted molar refractivity (Wildman–Crippen MR) is 76.1 cm³/mol. The zero-order valence-corrected chi connectivity index (χ0v) is 12.0. The van der Waals surface area contributed by atoms with Gasteiger partial charge >= 0.3 is 0 Å². The highest BCUT2D eigenvalue weighted by atomic mass is 35.5. The minimum absolute atomic E-state index is 0.